The normalized spacial score (nSPS) is 18.7. The number of ether oxygens (including phenoxy) is 2. The minimum atomic E-state index is -1.22. The lowest BCUT2D eigenvalue weighted by Gasteiger charge is -2.24. The van der Waals surface area contributed by atoms with Crippen molar-refractivity contribution in [1.82, 2.24) is 19.3 Å². The molecule has 0 spiro atoms. The molecule has 8 nitrogen and oxygen atoms in total. The molecule has 0 radical (unpaired) electrons. The van der Waals surface area contributed by atoms with Gasteiger partial charge in [-0.25, -0.2) is 19.2 Å². The molecule has 3 aromatic heterocycles. The van der Waals surface area contributed by atoms with Gasteiger partial charge in [-0.05, 0) is 45.9 Å². The van der Waals surface area contributed by atoms with Crippen LogP contribution >= 0.6 is 0 Å². The van der Waals surface area contributed by atoms with Crippen molar-refractivity contribution in [3.8, 4) is 17.1 Å². The number of fused-ring (bicyclic) bond motifs is 1. The van der Waals surface area contributed by atoms with Crippen LogP contribution in [0.2, 0.25) is 0 Å². The molecule has 4 rings (SSSR count). The third-order valence-electron chi connectivity index (χ3n) is 5.04. The van der Waals surface area contributed by atoms with Crippen molar-refractivity contribution >= 4 is 17.6 Å². The highest BCUT2D eigenvalue weighted by molar-refractivity contribution is 5.69. The van der Waals surface area contributed by atoms with Gasteiger partial charge in [-0.1, -0.05) is 6.07 Å². The first-order valence-corrected chi connectivity index (χ1v) is 10.7. The molecule has 1 fully saturated rings. The fraction of sp³-hybridized carbons (Fsp3) is 0.435. The summed E-state index contributed by atoms with van der Waals surface area (Å²) in [5.41, 5.74) is 1.63. The molecule has 1 aliphatic heterocycles. The summed E-state index contributed by atoms with van der Waals surface area (Å²) in [5, 5.41) is 3.13. The van der Waals surface area contributed by atoms with E-state index in [1.807, 2.05) is 41.8 Å². The van der Waals surface area contributed by atoms with E-state index in [0.29, 0.717) is 18.1 Å². The summed E-state index contributed by atoms with van der Waals surface area (Å²) in [6.45, 7) is 8.08. The molecule has 0 aliphatic carbocycles. The van der Waals surface area contributed by atoms with Crippen LogP contribution in [0.5, 0.6) is 5.75 Å². The fourth-order valence-corrected chi connectivity index (χ4v) is 3.63. The van der Waals surface area contributed by atoms with Crippen LogP contribution in [0, 0.1) is 0 Å². The van der Waals surface area contributed by atoms with Crippen molar-refractivity contribution in [3.63, 3.8) is 0 Å². The summed E-state index contributed by atoms with van der Waals surface area (Å²) in [6.07, 6.45) is 1.90. The summed E-state index contributed by atoms with van der Waals surface area (Å²) in [7, 11) is 0. The Bertz CT molecular complexity index is 1110. The third kappa shape index (κ3) is 4.76. The summed E-state index contributed by atoms with van der Waals surface area (Å²) in [5.74, 6) is 1.28. The Morgan fingerprint density at radius 2 is 2.09 bits per heavy atom. The number of likely N-dealkylation sites (tertiary alicyclic amines) is 1. The Balaban J connectivity index is 1.49. The van der Waals surface area contributed by atoms with Crippen LogP contribution in [-0.4, -0.2) is 62.9 Å². The van der Waals surface area contributed by atoms with E-state index in [0.717, 1.165) is 17.1 Å². The molecular weight excluding hydrogens is 413 g/mol. The SMILES string of the molecule is CCOc1ccn2c(-c3cccc(NC4CN(C(=O)OC(C)(C)C)C[C@@H]4F)n3)cnc2c1. The second-order valence-corrected chi connectivity index (χ2v) is 8.73. The molecule has 170 valence electrons. The van der Waals surface area contributed by atoms with Gasteiger partial charge in [0, 0.05) is 18.8 Å². The minimum Gasteiger partial charge on any atom is -0.494 e. The molecule has 0 bridgehead atoms. The van der Waals surface area contributed by atoms with Gasteiger partial charge in [0.1, 0.15) is 29.0 Å². The standard InChI is InChI=1S/C23H28FN5O3/c1-5-31-15-9-10-29-19(12-25-21(29)11-15)17-7-6-8-20(26-17)27-18-14-28(13-16(18)24)22(30)32-23(2,3)4/h6-12,16,18H,5,13-14H2,1-4H3,(H,26,27)/t16-,18?/m0/s1. The van der Waals surface area contributed by atoms with Crippen molar-refractivity contribution in [3.05, 3.63) is 42.7 Å². The van der Waals surface area contributed by atoms with Crippen LogP contribution in [0.4, 0.5) is 15.0 Å². The number of carbonyl (C=O) groups is 1. The number of pyridine rings is 2. The number of halogens is 1. The lowest BCUT2D eigenvalue weighted by atomic mass is 10.2. The highest BCUT2D eigenvalue weighted by Gasteiger charge is 2.37. The maximum Gasteiger partial charge on any atom is 0.410 e. The Hall–Kier alpha value is -3.36. The van der Waals surface area contributed by atoms with Gasteiger partial charge < -0.3 is 19.7 Å². The number of alkyl halides is 1. The zero-order chi connectivity index (χ0) is 22.9. The number of aromatic nitrogens is 3. The Kier molecular flexibility index (Phi) is 5.90. The molecule has 4 heterocycles. The molecule has 9 heteroatoms. The van der Waals surface area contributed by atoms with Crippen molar-refractivity contribution in [2.75, 3.05) is 25.0 Å². The molecule has 0 saturated carbocycles. The topological polar surface area (TPSA) is 81.0 Å². The predicted molar refractivity (Wildman–Crippen MR) is 120 cm³/mol. The predicted octanol–water partition coefficient (Wildman–Crippen LogP) is 4.16. The van der Waals surface area contributed by atoms with Crippen LogP contribution in [0.25, 0.3) is 17.0 Å². The smallest absolute Gasteiger partial charge is 0.410 e. The Morgan fingerprint density at radius 3 is 2.84 bits per heavy atom. The first-order valence-electron chi connectivity index (χ1n) is 10.7. The molecule has 1 N–H and O–H groups in total. The van der Waals surface area contributed by atoms with E-state index in [1.54, 1.807) is 33.0 Å². The molecular formula is C23H28FN5O3. The van der Waals surface area contributed by atoms with Gasteiger partial charge in [-0.15, -0.1) is 0 Å². The van der Waals surface area contributed by atoms with E-state index < -0.39 is 23.9 Å². The molecule has 3 aromatic rings. The minimum absolute atomic E-state index is 0.0122. The first kappa shape index (κ1) is 21.9. The van der Waals surface area contributed by atoms with Gasteiger partial charge in [0.05, 0.1) is 36.8 Å². The first-order chi connectivity index (χ1) is 15.2. The number of anilines is 1. The second-order valence-electron chi connectivity index (χ2n) is 8.73. The number of hydrogen-bond acceptors (Lipinski definition) is 6. The van der Waals surface area contributed by atoms with Crippen molar-refractivity contribution in [2.45, 2.75) is 45.5 Å². The van der Waals surface area contributed by atoms with Crippen molar-refractivity contribution in [1.29, 1.82) is 0 Å². The number of imidazole rings is 1. The molecule has 32 heavy (non-hydrogen) atoms. The average molecular weight is 442 g/mol. The molecule has 1 amide bonds. The van der Waals surface area contributed by atoms with E-state index in [1.165, 1.54) is 4.90 Å². The van der Waals surface area contributed by atoms with Gasteiger partial charge >= 0.3 is 6.09 Å². The van der Waals surface area contributed by atoms with E-state index in [4.69, 9.17) is 9.47 Å². The van der Waals surface area contributed by atoms with Crippen LogP contribution in [0.15, 0.2) is 42.7 Å². The van der Waals surface area contributed by atoms with Crippen LogP contribution in [0.1, 0.15) is 27.7 Å². The molecule has 0 aromatic carbocycles. The highest BCUT2D eigenvalue weighted by atomic mass is 19.1. The number of rotatable bonds is 5. The van der Waals surface area contributed by atoms with E-state index in [2.05, 4.69) is 15.3 Å². The molecule has 1 unspecified atom stereocenters. The third-order valence-corrected chi connectivity index (χ3v) is 5.04. The van der Waals surface area contributed by atoms with Gasteiger partial charge in [0.25, 0.3) is 0 Å². The Labute approximate surface area is 186 Å². The number of nitrogens with zero attached hydrogens (tertiary/aromatic N) is 4. The second kappa shape index (κ2) is 8.64. The Morgan fingerprint density at radius 1 is 1.28 bits per heavy atom. The van der Waals surface area contributed by atoms with Gasteiger partial charge in [0.15, 0.2) is 0 Å². The average Bonchev–Trinajstić information content (AvgIpc) is 3.31. The van der Waals surface area contributed by atoms with Crippen molar-refractivity contribution in [2.24, 2.45) is 0 Å². The van der Waals surface area contributed by atoms with E-state index in [9.17, 15) is 9.18 Å². The van der Waals surface area contributed by atoms with E-state index in [-0.39, 0.29) is 13.1 Å². The lowest BCUT2D eigenvalue weighted by molar-refractivity contribution is 0.0283. The zero-order valence-corrected chi connectivity index (χ0v) is 18.7. The quantitative estimate of drug-likeness (QED) is 0.640. The maximum absolute atomic E-state index is 14.6. The number of hydrogen-bond donors (Lipinski definition) is 1. The molecule has 2 atom stereocenters. The van der Waals surface area contributed by atoms with Gasteiger partial charge in [-0.2, -0.15) is 0 Å². The summed E-state index contributed by atoms with van der Waals surface area (Å²) >= 11 is 0. The summed E-state index contributed by atoms with van der Waals surface area (Å²) in [6, 6.07) is 8.68. The number of carbonyl (C=O) groups excluding carboxylic acids is 1. The van der Waals surface area contributed by atoms with Crippen molar-refractivity contribution < 1.29 is 18.7 Å². The highest BCUT2D eigenvalue weighted by Crippen LogP contribution is 2.25. The number of nitrogens with one attached hydrogen (secondary N) is 1. The molecule has 1 aliphatic rings. The fourth-order valence-electron chi connectivity index (χ4n) is 3.63. The largest absolute Gasteiger partial charge is 0.494 e. The maximum atomic E-state index is 14.6. The lowest BCUT2D eigenvalue weighted by Crippen LogP contribution is -2.36. The number of amides is 1. The van der Waals surface area contributed by atoms with Crippen LogP contribution in [0.3, 0.4) is 0 Å². The monoisotopic (exact) mass is 441 g/mol. The van der Waals surface area contributed by atoms with Crippen LogP contribution in [-0.2, 0) is 4.74 Å². The summed E-state index contributed by atoms with van der Waals surface area (Å²) < 4.78 is 27.4. The zero-order valence-electron chi connectivity index (χ0n) is 18.7. The summed E-state index contributed by atoms with van der Waals surface area (Å²) in [4.78, 5) is 22.8. The molecule has 1 saturated heterocycles. The van der Waals surface area contributed by atoms with Gasteiger partial charge in [0.2, 0.25) is 0 Å². The van der Waals surface area contributed by atoms with Crippen LogP contribution < -0.4 is 10.1 Å². The van der Waals surface area contributed by atoms with E-state index >= 15 is 0 Å². The van der Waals surface area contributed by atoms with Gasteiger partial charge in [-0.3, -0.25) is 4.40 Å².